The summed E-state index contributed by atoms with van der Waals surface area (Å²) in [5.74, 6) is -0.279. The van der Waals surface area contributed by atoms with Crippen molar-refractivity contribution >= 4 is 40.2 Å². The number of fused-ring (bicyclic) bond motifs is 1. The third-order valence-corrected chi connectivity index (χ3v) is 6.05. The van der Waals surface area contributed by atoms with Gasteiger partial charge in [-0.1, -0.05) is 42.5 Å². The van der Waals surface area contributed by atoms with E-state index in [0.717, 1.165) is 22.7 Å². The molecule has 0 aliphatic carbocycles. The summed E-state index contributed by atoms with van der Waals surface area (Å²) in [5.41, 5.74) is 2.32. The van der Waals surface area contributed by atoms with Crippen molar-refractivity contribution in [3.05, 3.63) is 87.3 Å². The van der Waals surface area contributed by atoms with Crippen LogP contribution in [0.2, 0.25) is 0 Å². The molecule has 0 aliphatic heterocycles. The second-order valence-corrected chi connectivity index (χ2v) is 8.06. The molecule has 6 nitrogen and oxygen atoms in total. The molecule has 0 fully saturated rings. The highest BCUT2D eigenvalue weighted by Crippen LogP contribution is 2.18. The largest absolute Gasteiger partial charge is 0.347 e. The molecule has 0 bridgehead atoms. The maximum absolute atomic E-state index is 12.7. The van der Waals surface area contributed by atoms with Gasteiger partial charge < -0.3 is 5.32 Å². The molecule has 1 amide bonds. The molecule has 8 heteroatoms. The van der Waals surface area contributed by atoms with Gasteiger partial charge in [-0.15, -0.1) is 11.8 Å². The van der Waals surface area contributed by atoms with E-state index in [-0.39, 0.29) is 17.0 Å². The van der Waals surface area contributed by atoms with Crippen LogP contribution in [0.5, 0.6) is 0 Å². The molecule has 4 rings (SSSR count). The highest BCUT2D eigenvalue weighted by Gasteiger charge is 2.18. The van der Waals surface area contributed by atoms with E-state index in [1.54, 1.807) is 11.8 Å². The van der Waals surface area contributed by atoms with Gasteiger partial charge in [-0.25, -0.2) is 4.98 Å². The van der Waals surface area contributed by atoms with Crippen molar-refractivity contribution in [3.8, 4) is 0 Å². The van der Waals surface area contributed by atoms with E-state index in [9.17, 15) is 9.59 Å². The Hall–Kier alpha value is -2.97. The first-order valence-electron chi connectivity index (χ1n) is 8.95. The summed E-state index contributed by atoms with van der Waals surface area (Å²) < 4.78 is 5.71. The second kappa shape index (κ2) is 8.59. The molecule has 4 aromatic rings. The topological polar surface area (TPSA) is 76.9 Å². The molecule has 0 spiro atoms. The molecular weight excluding hydrogens is 404 g/mol. The van der Waals surface area contributed by atoms with Gasteiger partial charge in [0.1, 0.15) is 10.4 Å². The average Bonchev–Trinajstić information content (AvgIpc) is 3.20. The Kier molecular flexibility index (Phi) is 5.73. The van der Waals surface area contributed by atoms with Gasteiger partial charge in [-0.05, 0) is 41.0 Å². The lowest BCUT2D eigenvalue weighted by atomic mass is 10.2. The number of benzene rings is 2. The predicted octanol–water partition coefficient (Wildman–Crippen LogP) is 3.55. The van der Waals surface area contributed by atoms with Crippen molar-refractivity contribution in [2.75, 3.05) is 6.26 Å². The van der Waals surface area contributed by atoms with Gasteiger partial charge in [0.2, 0.25) is 0 Å². The van der Waals surface area contributed by atoms with Gasteiger partial charge in [0.15, 0.2) is 5.52 Å². The first kappa shape index (κ1) is 19.4. The van der Waals surface area contributed by atoms with Gasteiger partial charge in [-0.3, -0.25) is 14.2 Å². The van der Waals surface area contributed by atoms with E-state index in [1.165, 1.54) is 15.8 Å². The number of rotatable bonds is 6. The summed E-state index contributed by atoms with van der Waals surface area (Å²) in [7, 11) is 0. The Labute approximate surface area is 175 Å². The fourth-order valence-electron chi connectivity index (χ4n) is 2.91. The zero-order chi connectivity index (χ0) is 20.2. The number of hydrogen-bond donors (Lipinski definition) is 1. The molecule has 0 radical (unpaired) electrons. The first-order chi connectivity index (χ1) is 14.2. The quantitative estimate of drug-likeness (QED) is 0.481. The molecule has 2 aromatic carbocycles. The summed E-state index contributed by atoms with van der Waals surface area (Å²) in [6.45, 7) is 0.811. The van der Waals surface area contributed by atoms with Gasteiger partial charge in [-0.2, -0.15) is 4.37 Å². The Morgan fingerprint density at radius 3 is 2.55 bits per heavy atom. The van der Waals surface area contributed by atoms with Gasteiger partial charge in [0, 0.05) is 11.4 Å². The minimum atomic E-state index is -0.279. The maximum atomic E-state index is 12.7. The molecule has 146 valence electrons. The van der Waals surface area contributed by atoms with E-state index in [4.69, 9.17) is 0 Å². The van der Waals surface area contributed by atoms with Crippen molar-refractivity contribution in [1.82, 2.24) is 19.2 Å². The summed E-state index contributed by atoms with van der Waals surface area (Å²) in [6, 6.07) is 17.7. The average molecular weight is 423 g/mol. The van der Waals surface area contributed by atoms with Crippen LogP contribution in [0.25, 0.3) is 11.0 Å². The third kappa shape index (κ3) is 4.23. The SMILES string of the molecule is CSc1ccc(CNC(=O)c2snc3c(=O)n(Cc4ccccc4)cnc23)cc1. The van der Waals surface area contributed by atoms with Crippen LogP contribution in [0.1, 0.15) is 20.8 Å². The van der Waals surface area contributed by atoms with E-state index in [0.29, 0.717) is 23.5 Å². The molecule has 1 N–H and O–H groups in total. The number of carbonyl (C=O) groups excluding carboxylic acids is 1. The molecule has 2 heterocycles. The Balaban J connectivity index is 1.52. The monoisotopic (exact) mass is 422 g/mol. The number of nitrogens with zero attached hydrogens (tertiary/aromatic N) is 3. The summed E-state index contributed by atoms with van der Waals surface area (Å²) in [4.78, 5) is 31.2. The van der Waals surface area contributed by atoms with E-state index in [2.05, 4.69) is 14.7 Å². The normalized spacial score (nSPS) is 10.9. The van der Waals surface area contributed by atoms with E-state index >= 15 is 0 Å². The van der Waals surface area contributed by atoms with Crippen LogP contribution in [0.4, 0.5) is 0 Å². The molecule has 0 saturated carbocycles. The van der Waals surface area contributed by atoms with Crippen molar-refractivity contribution in [2.45, 2.75) is 18.0 Å². The summed E-state index contributed by atoms with van der Waals surface area (Å²) >= 11 is 2.67. The second-order valence-electron chi connectivity index (χ2n) is 6.40. The lowest BCUT2D eigenvalue weighted by Gasteiger charge is -2.06. The zero-order valence-corrected chi connectivity index (χ0v) is 17.3. The molecule has 29 heavy (non-hydrogen) atoms. The zero-order valence-electron chi connectivity index (χ0n) is 15.7. The lowest BCUT2D eigenvalue weighted by Crippen LogP contribution is -2.24. The number of carbonyl (C=O) groups is 1. The summed E-state index contributed by atoms with van der Waals surface area (Å²) in [6.07, 6.45) is 3.50. The Bertz CT molecular complexity index is 1200. The highest BCUT2D eigenvalue weighted by atomic mass is 32.2. The molecule has 0 aliphatic rings. The summed E-state index contributed by atoms with van der Waals surface area (Å²) in [5, 5.41) is 2.88. The molecule has 0 unspecified atom stereocenters. The highest BCUT2D eigenvalue weighted by molar-refractivity contribution is 7.98. The number of hydrogen-bond acceptors (Lipinski definition) is 6. The number of amides is 1. The van der Waals surface area contributed by atoms with Crippen molar-refractivity contribution in [2.24, 2.45) is 0 Å². The van der Waals surface area contributed by atoms with Crippen LogP contribution in [0, 0.1) is 0 Å². The Morgan fingerprint density at radius 1 is 1.07 bits per heavy atom. The third-order valence-electron chi connectivity index (χ3n) is 4.47. The number of nitrogens with one attached hydrogen (secondary N) is 1. The fraction of sp³-hybridized carbons (Fsp3) is 0.143. The van der Waals surface area contributed by atoms with Crippen LogP contribution < -0.4 is 10.9 Å². The minimum absolute atomic E-state index is 0.225. The van der Waals surface area contributed by atoms with Crippen molar-refractivity contribution < 1.29 is 4.79 Å². The standard InChI is InChI=1S/C21H18N4O2S2/c1-28-16-9-7-14(8-10-16)11-22-20(26)19-17-18(24-29-19)21(27)25(13-23-17)12-15-5-3-2-4-6-15/h2-10,13H,11-12H2,1H3,(H,22,26). The lowest BCUT2D eigenvalue weighted by molar-refractivity contribution is 0.0956. The van der Waals surface area contributed by atoms with E-state index < -0.39 is 0 Å². The molecule has 0 atom stereocenters. The number of aromatic nitrogens is 3. The van der Waals surface area contributed by atoms with Crippen LogP contribution in [0.3, 0.4) is 0 Å². The first-order valence-corrected chi connectivity index (χ1v) is 11.0. The van der Waals surface area contributed by atoms with Crippen LogP contribution in [-0.4, -0.2) is 26.1 Å². The van der Waals surface area contributed by atoms with Crippen molar-refractivity contribution in [3.63, 3.8) is 0 Å². The molecule has 0 saturated heterocycles. The maximum Gasteiger partial charge on any atom is 0.281 e. The van der Waals surface area contributed by atoms with Gasteiger partial charge in [0.05, 0.1) is 12.9 Å². The van der Waals surface area contributed by atoms with Crippen LogP contribution >= 0.6 is 23.3 Å². The minimum Gasteiger partial charge on any atom is -0.347 e. The van der Waals surface area contributed by atoms with Gasteiger partial charge >= 0.3 is 0 Å². The van der Waals surface area contributed by atoms with E-state index in [1.807, 2.05) is 60.9 Å². The molecular formula is C21H18N4O2S2. The van der Waals surface area contributed by atoms with Crippen LogP contribution in [-0.2, 0) is 13.1 Å². The van der Waals surface area contributed by atoms with Crippen molar-refractivity contribution in [1.29, 1.82) is 0 Å². The Morgan fingerprint density at radius 2 is 1.83 bits per heavy atom. The molecule has 2 aromatic heterocycles. The van der Waals surface area contributed by atoms with Gasteiger partial charge in [0.25, 0.3) is 11.5 Å². The number of thioether (sulfide) groups is 1. The van der Waals surface area contributed by atoms with Crippen LogP contribution in [0.15, 0.2) is 70.6 Å². The fourth-order valence-corrected chi connectivity index (χ4v) is 4.06. The predicted molar refractivity (Wildman–Crippen MR) is 117 cm³/mol. The smallest absolute Gasteiger partial charge is 0.281 e.